The predicted octanol–water partition coefficient (Wildman–Crippen LogP) is 5.98. The molecule has 0 aliphatic rings. The molecule has 0 aromatic heterocycles. The van der Waals surface area contributed by atoms with Crippen LogP contribution in [0.5, 0.6) is 5.75 Å². The maximum atomic E-state index is 12.4. The molecule has 3 aromatic carbocycles. The Morgan fingerprint density at radius 3 is 1.71 bits per heavy atom. The van der Waals surface area contributed by atoms with Gasteiger partial charge in [0.1, 0.15) is 5.75 Å². The van der Waals surface area contributed by atoms with Crippen molar-refractivity contribution < 1.29 is 9.30 Å². The van der Waals surface area contributed by atoms with Crippen LogP contribution in [0, 0.1) is 0 Å². The molecule has 0 aliphatic carbocycles. The molecule has 120 valence electrons. The first kappa shape index (κ1) is 16.8. The van der Waals surface area contributed by atoms with E-state index in [4.69, 9.17) is 4.74 Å². The van der Waals surface area contributed by atoms with Crippen molar-refractivity contribution in [2.24, 2.45) is 0 Å². The van der Waals surface area contributed by atoms with Gasteiger partial charge in [-0.3, -0.25) is 4.57 Å². The number of methoxy groups -OCH3 is 1. The highest BCUT2D eigenvalue weighted by Crippen LogP contribution is 2.54. The first-order valence-electron chi connectivity index (χ1n) is 7.57. The molecule has 0 radical (unpaired) electrons. The number of benzene rings is 3. The maximum absolute atomic E-state index is 12.4. The summed E-state index contributed by atoms with van der Waals surface area (Å²) in [6.07, 6.45) is 0. The standard InChI is InChI=1S/C20H17O2PS/c1-22-18-12-14-19(15-13-18)24-20(23-21,16-8-4-2-5-9-16)17-10-6-3-7-11-17/h2-15H,1H3. The molecule has 0 amide bonds. The highest BCUT2D eigenvalue weighted by atomic mass is 32.2. The second-order valence-electron chi connectivity index (χ2n) is 5.24. The van der Waals surface area contributed by atoms with Crippen molar-refractivity contribution in [2.45, 2.75) is 9.38 Å². The van der Waals surface area contributed by atoms with Crippen molar-refractivity contribution in [3.8, 4) is 5.75 Å². The van der Waals surface area contributed by atoms with Gasteiger partial charge in [-0.1, -0.05) is 72.4 Å². The van der Waals surface area contributed by atoms with E-state index in [0.29, 0.717) is 0 Å². The molecular formula is C20H17O2PS. The van der Waals surface area contributed by atoms with E-state index < -0.39 is 4.49 Å². The van der Waals surface area contributed by atoms with Crippen LogP contribution in [0.3, 0.4) is 0 Å². The Bertz CT molecular complexity index is 749. The molecule has 0 saturated heterocycles. The van der Waals surface area contributed by atoms with Crippen LogP contribution >= 0.6 is 20.2 Å². The second-order valence-corrected chi connectivity index (χ2v) is 7.69. The van der Waals surface area contributed by atoms with Gasteiger partial charge in [-0.15, -0.1) is 0 Å². The summed E-state index contributed by atoms with van der Waals surface area (Å²) in [5.74, 6) is 0.809. The second kappa shape index (κ2) is 7.65. The van der Waals surface area contributed by atoms with Crippen molar-refractivity contribution in [1.82, 2.24) is 0 Å². The Labute approximate surface area is 148 Å². The van der Waals surface area contributed by atoms with E-state index in [2.05, 4.69) is 0 Å². The predicted molar refractivity (Wildman–Crippen MR) is 100 cm³/mol. The topological polar surface area (TPSA) is 26.3 Å². The largest absolute Gasteiger partial charge is 0.497 e. The summed E-state index contributed by atoms with van der Waals surface area (Å²) in [6.45, 7) is 0. The van der Waals surface area contributed by atoms with Crippen LogP contribution in [-0.2, 0) is 9.05 Å². The van der Waals surface area contributed by atoms with Gasteiger partial charge < -0.3 is 4.74 Å². The molecule has 0 heterocycles. The molecule has 3 aromatic rings. The van der Waals surface area contributed by atoms with Crippen LogP contribution in [0.4, 0.5) is 0 Å². The minimum absolute atomic E-state index is 0.0444. The first-order valence-corrected chi connectivity index (χ1v) is 9.20. The van der Waals surface area contributed by atoms with Crippen LogP contribution in [0.1, 0.15) is 11.1 Å². The Hall–Kier alpha value is -2.09. The number of ether oxygens (including phenoxy) is 1. The van der Waals surface area contributed by atoms with Crippen molar-refractivity contribution >= 4 is 20.2 Å². The summed E-state index contributed by atoms with van der Waals surface area (Å²) in [7, 11) is 1.69. The molecule has 0 bridgehead atoms. The lowest BCUT2D eigenvalue weighted by atomic mass is 10.0. The zero-order valence-corrected chi connectivity index (χ0v) is 15.0. The molecule has 24 heavy (non-hydrogen) atoms. The molecule has 0 atom stereocenters. The fourth-order valence-electron chi connectivity index (χ4n) is 2.55. The normalized spacial score (nSPS) is 11.4. The first-order chi connectivity index (χ1) is 11.8. The van der Waals surface area contributed by atoms with E-state index in [1.165, 1.54) is 0 Å². The van der Waals surface area contributed by atoms with Crippen molar-refractivity contribution in [3.63, 3.8) is 0 Å². The van der Waals surface area contributed by atoms with Crippen LogP contribution in [-0.4, -0.2) is 7.11 Å². The van der Waals surface area contributed by atoms with Gasteiger partial charge in [-0.25, -0.2) is 0 Å². The fourth-order valence-corrected chi connectivity index (χ4v) is 4.65. The van der Waals surface area contributed by atoms with Gasteiger partial charge in [0, 0.05) is 4.90 Å². The third kappa shape index (κ3) is 3.38. The summed E-state index contributed by atoms with van der Waals surface area (Å²) in [6, 6.07) is 27.8. The smallest absolute Gasteiger partial charge is 0.183 e. The summed E-state index contributed by atoms with van der Waals surface area (Å²) < 4.78 is 16.9. The Morgan fingerprint density at radius 1 is 0.792 bits per heavy atom. The van der Waals surface area contributed by atoms with Crippen molar-refractivity contribution in [1.29, 1.82) is 0 Å². The lowest BCUT2D eigenvalue weighted by molar-refractivity contribution is 0.414. The van der Waals surface area contributed by atoms with Crippen LogP contribution < -0.4 is 4.74 Å². The quantitative estimate of drug-likeness (QED) is 0.403. The van der Waals surface area contributed by atoms with E-state index in [0.717, 1.165) is 21.8 Å². The molecule has 4 heteroatoms. The SMILES string of the molecule is COc1ccc(SC(P=O)(c2ccccc2)c2ccccc2)cc1. The molecule has 2 nitrogen and oxygen atoms in total. The fraction of sp³-hybridized carbons (Fsp3) is 0.100. The van der Waals surface area contributed by atoms with Gasteiger partial charge in [0.2, 0.25) is 0 Å². The van der Waals surface area contributed by atoms with E-state index in [1.54, 1.807) is 18.9 Å². The lowest BCUT2D eigenvalue weighted by Gasteiger charge is -2.27. The highest BCUT2D eigenvalue weighted by Gasteiger charge is 2.36. The Kier molecular flexibility index (Phi) is 5.34. The highest BCUT2D eigenvalue weighted by molar-refractivity contribution is 8.04. The van der Waals surface area contributed by atoms with E-state index in [9.17, 15) is 4.57 Å². The molecule has 0 N–H and O–H groups in total. The van der Waals surface area contributed by atoms with Crippen molar-refractivity contribution in [3.05, 3.63) is 96.1 Å². The van der Waals surface area contributed by atoms with E-state index >= 15 is 0 Å². The third-order valence-electron chi connectivity index (χ3n) is 3.78. The number of thioether (sulfide) groups is 1. The van der Waals surface area contributed by atoms with E-state index in [-0.39, 0.29) is 8.46 Å². The summed E-state index contributed by atoms with van der Waals surface area (Å²) in [5.41, 5.74) is 2.02. The van der Waals surface area contributed by atoms with Gasteiger partial charge >= 0.3 is 0 Å². The summed E-state index contributed by atoms with van der Waals surface area (Å²) in [5, 5.41) is 0. The molecule has 0 aliphatic heterocycles. The van der Waals surface area contributed by atoms with Crippen LogP contribution in [0.15, 0.2) is 89.8 Å². The molecular weight excluding hydrogens is 335 g/mol. The van der Waals surface area contributed by atoms with Gasteiger partial charge in [0.05, 0.1) is 7.11 Å². The monoisotopic (exact) mass is 352 g/mol. The molecule has 0 spiro atoms. The van der Waals surface area contributed by atoms with Gasteiger partial charge in [0.15, 0.2) is 12.9 Å². The third-order valence-corrected chi connectivity index (χ3v) is 6.33. The maximum Gasteiger partial charge on any atom is 0.183 e. The minimum atomic E-state index is -0.683. The Morgan fingerprint density at radius 2 is 1.29 bits per heavy atom. The van der Waals surface area contributed by atoms with Gasteiger partial charge in [-0.05, 0) is 35.4 Å². The number of rotatable bonds is 6. The van der Waals surface area contributed by atoms with Crippen molar-refractivity contribution in [2.75, 3.05) is 7.11 Å². The average molecular weight is 352 g/mol. The Balaban J connectivity index is 2.09. The lowest BCUT2D eigenvalue weighted by Crippen LogP contribution is -2.16. The summed E-state index contributed by atoms with van der Waals surface area (Å²) in [4.78, 5) is 1.03. The zero-order chi connectivity index (χ0) is 16.8. The molecule has 0 fully saturated rings. The van der Waals surface area contributed by atoms with Gasteiger partial charge in [0.25, 0.3) is 0 Å². The molecule has 0 saturated carbocycles. The average Bonchev–Trinajstić information content (AvgIpc) is 2.68. The van der Waals surface area contributed by atoms with Crippen LogP contribution in [0.2, 0.25) is 0 Å². The van der Waals surface area contributed by atoms with Gasteiger partial charge in [-0.2, -0.15) is 0 Å². The zero-order valence-electron chi connectivity index (χ0n) is 13.3. The minimum Gasteiger partial charge on any atom is -0.497 e. The van der Waals surface area contributed by atoms with Crippen LogP contribution in [0.25, 0.3) is 0 Å². The van der Waals surface area contributed by atoms with E-state index in [1.807, 2.05) is 84.9 Å². The molecule has 0 unspecified atom stereocenters. The number of hydrogen-bond donors (Lipinski definition) is 0. The molecule has 3 rings (SSSR count). The summed E-state index contributed by atoms with van der Waals surface area (Å²) >= 11 is 1.58. The number of hydrogen-bond acceptors (Lipinski definition) is 3.